The summed E-state index contributed by atoms with van der Waals surface area (Å²) in [5, 5.41) is 13.7. The van der Waals surface area contributed by atoms with Crippen LogP contribution in [0.5, 0.6) is 0 Å². The molecule has 1 rings (SSSR count). The van der Waals surface area contributed by atoms with E-state index in [0.29, 0.717) is 0 Å². The van der Waals surface area contributed by atoms with Crippen molar-refractivity contribution < 1.29 is 24.2 Å². The number of aliphatic hydroxyl groups excluding tert-OH is 1. The maximum absolute atomic E-state index is 11.5. The number of hydrogen-bond acceptors (Lipinski definition) is 5. The third-order valence-corrected chi connectivity index (χ3v) is 2.39. The van der Waals surface area contributed by atoms with Crippen LogP contribution in [0.3, 0.4) is 0 Å². The highest BCUT2D eigenvalue weighted by Crippen LogP contribution is 2.16. The van der Waals surface area contributed by atoms with Crippen LogP contribution >= 0.6 is 0 Å². The maximum atomic E-state index is 11.5. The Balaban J connectivity index is 2.60. The minimum atomic E-state index is -0.828. The number of imide groups is 1. The largest absolute Gasteiger partial charge is 0.444 e. The minimum absolute atomic E-state index is 0.0418. The second-order valence-electron chi connectivity index (χ2n) is 5.16. The van der Waals surface area contributed by atoms with Crippen molar-refractivity contribution in [2.75, 3.05) is 6.61 Å². The van der Waals surface area contributed by atoms with Gasteiger partial charge in [0.1, 0.15) is 5.60 Å². The average molecular weight is 258 g/mol. The Hall–Kier alpha value is -1.63. The van der Waals surface area contributed by atoms with Gasteiger partial charge in [0, 0.05) is 6.42 Å². The zero-order chi connectivity index (χ0) is 13.9. The lowest BCUT2D eigenvalue weighted by molar-refractivity contribution is -0.126. The molecule has 0 aliphatic carbocycles. The van der Waals surface area contributed by atoms with Crippen molar-refractivity contribution in [1.82, 2.24) is 10.6 Å². The Morgan fingerprint density at radius 2 is 2.17 bits per heavy atom. The zero-order valence-electron chi connectivity index (χ0n) is 10.6. The molecular formula is C11H18N2O5. The Labute approximate surface area is 105 Å². The molecule has 0 aromatic heterocycles. The van der Waals surface area contributed by atoms with Crippen LogP contribution in [0.2, 0.25) is 0 Å². The lowest BCUT2D eigenvalue weighted by atomic mass is 9.99. The van der Waals surface area contributed by atoms with Gasteiger partial charge in [-0.25, -0.2) is 4.79 Å². The van der Waals surface area contributed by atoms with Crippen LogP contribution in [0, 0.1) is 5.92 Å². The molecule has 0 saturated carbocycles. The summed E-state index contributed by atoms with van der Waals surface area (Å²) < 4.78 is 5.01. The highest BCUT2D eigenvalue weighted by Gasteiger charge is 2.37. The predicted molar refractivity (Wildman–Crippen MR) is 61.5 cm³/mol. The number of rotatable bonds is 3. The van der Waals surface area contributed by atoms with Crippen molar-refractivity contribution in [2.45, 2.75) is 38.8 Å². The van der Waals surface area contributed by atoms with E-state index in [2.05, 4.69) is 10.6 Å². The molecule has 18 heavy (non-hydrogen) atoms. The maximum Gasteiger partial charge on any atom is 0.407 e. The molecule has 0 spiro atoms. The minimum Gasteiger partial charge on any atom is -0.444 e. The van der Waals surface area contributed by atoms with E-state index in [4.69, 9.17) is 4.74 Å². The first-order valence-corrected chi connectivity index (χ1v) is 5.67. The summed E-state index contributed by atoms with van der Waals surface area (Å²) in [6.45, 7) is 4.66. The molecule has 7 heteroatoms. The van der Waals surface area contributed by atoms with E-state index < -0.39 is 42.1 Å². The fraction of sp³-hybridized carbons (Fsp3) is 0.727. The second kappa shape index (κ2) is 5.34. The Morgan fingerprint density at radius 3 is 2.56 bits per heavy atom. The Morgan fingerprint density at radius 1 is 1.56 bits per heavy atom. The third-order valence-electron chi connectivity index (χ3n) is 2.39. The Kier molecular flexibility index (Phi) is 4.28. The summed E-state index contributed by atoms with van der Waals surface area (Å²) in [6, 6.07) is -0.828. The molecule has 1 aliphatic rings. The van der Waals surface area contributed by atoms with Gasteiger partial charge < -0.3 is 15.2 Å². The fourth-order valence-corrected chi connectivity index (χ4v) is 1.63. The molecule has 1 saturated heterocycles. The molecule has 3 N–H and O–H groups in total. The summed E-state index contributed by atoms with van der Waals surface area (Å²) in [6.07, 6.45) is -0.770. The Bertz CT molecular complexity index is 361. The first-order valence-electron chi connectivity index (χ1n) is 5.67. The van der Waals surface area contributed by atoms with Gasteiger partial charge in [-0.2, -0.15) is 0 Å². The highest BCUT2D eigenvalue weighted by atomic mass is 16.6. The number of carbonyl (C=O) groups is 3. The van der Waals surface area contributed by atoms with Gasteiger partial charge in [0.25, 0.3) is 0 Å². The van der Waals surface area contributed by atoms with Crippen molar-refractivity contribution in [3.05, 3.63) is 0 Å². The number of alkyl carbamates (subject to hydrolysis) is 1. The third kappa shape index (κ3) is 3.99. The van der Waals surface area contributed by atoms with Gasteiger partial charge in [-0.05, 0) is 20.8 Å². The van der Waals surface area contributed by atoms with Gasteiger partial charge in [-0.15, -0.1) is 0 Å². The molecule has 1 aliphatic heterocycles. The fourth-order valence-electron chi connectivity index (χ4n) is 1.63. The van der Waals surface area contributed by atoms with Crippen LogP contribution in [-0.2, 0) is 14.3 Å². The second-order valence-corrected chi connectivity index (χ2v) is 5.16. The molecule has 0 aromatic carbocycles. The molecular weight excluding hydrogens is 240 g/mol. The van der Waals surface area contributed by atoms with Crippen LogP contribution in [-0.4, -0.2) is 41.3 Å². The molecule has 0 radical (unpaired) electrons. The number of ether oxygens (including phenoxy) is 1. The van der Waals surface area contributed by atoms with Crippen LogP contribution in [0.1, 0.15) is 27.2 Å². The highest BCUT2D eigenvalue weighted by molar-refractivity contribution is 6.04. The van der Waals surface area contributed by atoms with Gasteiger partial charge in [0.15, 0.2) is 0 Å². The molecule has 2 atom stereocenters. The molecule has 1 fully saturated rings. The van der Waals surface area contributed by atoms with Crippen LogP contribution in [0.4, 0.5) is 4.79 Å². The number of carbonyl (C=O) groups excluding carboxylic acids is 3. The van der Waals surface area contributed by atoms with Crippen molar-refractivity contribution in [2.24, 2.45) is 5.92 Å². The van der Waals surface area contributed by atoms with E-state index in [9.17, 15) is 19.5 Å². The quantitative estimate of drug-likeness (QED) is 0.594. The number of aliphatic hydroxyl groups is 1. The van der Waals surface area contributed by atoms with Crippen molar-refractivity contribution in [1.29, 1.82) is 0 Å². The SMILES string of the molecule is CC(C)(C)OC(=O)NC(CO)C1CC(=O)NC1=O. The van der Waals surface area contributed by atoms with Gasteiger partial charge in [0.2, 0.25) is 11.8 Å². The summed E-state index contributed by atoms with van der Waals surface area (Å²) >= 11 is 0. The predicted octanol–water partition coefficient (Wildman–Crippen LogP) is -0.465. The molecule has 102 valence electrons. The average Bonchev–Trinajstić information content (AvgIpc) is 2.51. The standard InChI is InChI=1S/C11H18N2O5/c1-11(2,3)18-10(17)12-7(5-14)6-4-8(15)13-9(6)16/h6-7,14H,4-5H2,1-3H3,(H,12,17)(H,13,15,16). The van der Waals surface area contributed by atoms with E-state index in [1.165, 1.54) is 0 Å². The summed E-state index contributed by atoms with van der Waals surface area (Å²) in [4.78, 5) is 34.0. The van der Waals surface area contributed by atoms with Crippen LogP contribution in [0.15, 0.2) is 0 Å². The van der Waals surface area contributed by atoms with E-state index in [1.807, 2.05) is 0 Å². The van der Waals surface area contributed by atoms with Crippen LogP contribution in [0.25, 0.3) is 0 Å². The van der Waals surface area contributed by atoms with E-state index in [0.717, 1.165) is 0 Å². The smallest absolute Gasteiger partial charge is 0.407 e. The van der Waals surface area contributed by atoms with Crippen molar-refractivity contribution in [3.63, 3.8) is 0 Å². The van der Waals surface area contributed by atoms with E-state index in [-0.39, 0.29) is 6.42 Å². The first kappa shape index (κ1) is 14.4. The molecule has 2 unspecified atom stereocenters. The van der Waals surface area contributed by atoms with Crippen molar-refractivity contribution in [3.8, 4) is 0 Å². The molecule has 3 amide bonds. The summed E-state index contributed by atoms with van der Waals surface area (Å²) in [5.41, 5.74) is -0.669. The number of amides is 3. The lowest BCUT2D eigenvalue weighted by Crippen LogP contribution is -2.47. The van der Waals surface area contributed by atoms with E-state index in [1.54, 1.807) is 20.8 Å². The van der Waals surface area contributed by atoms with Crippen molar-refractivity contribution >= 4 is 17.9 Å². The lowest BCUT2D eigenvalue weighted by Gasteiger charge is -2.24. The van der Waals surface area contributed by atoms with E-state index >= 15 is 0 Å². The van der Waals surface area contributed by atoms with Gasteiger partial charge in [-0.3, -0.25) is 14.9 Å². The van der Waals surface area contributed by atoms with Gasteiger partial charge in [0.05, 0.1) is 18.6 Å². The first-order chi connectivity index (χ1) is 8.23. The topological polar surface area (TPSA) is 105 Å². The van der Waals surface area contributed by atoms with Gasteiger partial charge in [-0.1, -0.05) is 0 Å². The number of hydrogen-bond donors (Lipinski definition) is 3. The normalized spacial score (nSPS) is 21.4. The number of nitrogens with one attached hydrogen (secondary N) is 2. The summed E-state index contributed by atoms with van der Waals surface area (Å²) in [7, 11) is 0. The molecule has 1 heterocycles. The van der Waals surface area contributed by atoms with Gasteiger partial charge >= 0.3 is 6.09 Å². The molecule has 0 bridgehead atoms. The van der Waals surface area contributed by atoms with Crippen LogP contribution < -0.4 is 10.6 Å². The molecule has 7 nitrogen and oxygen atoms in total. The summed E-state index contributed by atoms with van der Waals surface area (Å²) in [5.74, 6) is -1.65. The monoisotopic (exact) mass is 258 g/mol. The molecule has 0 aromatic rings. The zero-order valence-corrected chi connectivity index (χ0v) is 10.6.